The summed E-state index contributed by atoms with van der Waals surface area (Å²) in [5.41, 5.74) is 5.92. The SMILES string of the molecule is C/C(=N/Nc1nc2ccccc2s1)c1cc(C)oc1C. The molecule has 0 fully saturated rings. The van der Waals surface area contributed by atoms with Crippen LogP contribution in [0.3, 0.4) is 0 Å². The summed E-state index contributed by atoms with van der Waals surface area (Å²) in [6, 6.07) is 10.0. The van der Waals surface area contributed by atoms with E-state index in [4.69, 9.17) is 4.42 Å². The molecule has 0 atom stereocenters. The maximum atomic E-state index is 5.51. The number of rotatable bonds is 3. The van der Waals surface area contributed by atoms with Gasteiger partial charge in [-0.05, 0) is 39.0 Å². The zero-order valence-electron chi connectivity index (χ0n) is 11.6. The number of nitrogens with zero attached hydrogens (tertiary/aromatic N) is 2. The molecule has 102 valence electrons. The van der Waals surface area contributed by atoms with Crippen molar-refractivity contribution in [2.75, 3.05) is 5.43 Å². The largest absolute Gasteiger partial charge is 0.466 e. The highest BCUT2D eigenvalue weighted by atomic mass is 32.1. The molecule has 0 bridgehead atoms. The third kappa shape index (κ3) is 2.44. The van der Waals surface area contributed by atoms with Crippen molar-refractivity contribution in [1.29, 1.82) is 0 Å². The number of aromatic nitrogens is 1. The molecule has 0 aliphatic heterocycles. The van der Waals surface area contributed by atoms with Gasteiger partial charge in [0.15, 0.2) is 0 Å². The molecule has 3 aromatic rings. The lowest BCUT2D eigenvalue weighted by Gasteiger charge is -1.98. The van der Waals surface area contributed by atoms with E-state index in [1.807, 2.05) is 45.0 Å². The standard InChI is InChI=1S/C15H15N3OS/c1-9-8-12(11(3)19-9)10(2)17-18-15-16-13-6-4-5-7-14(13)20-15/h4-8H,1-3H3,(H,16,18)/b17-10-. The number of furan rings is 1. The molecule has 3 rings (SSSR count). The van der Waals surface area contributed by atoms with Gasteiger partial charge in [-0.3, -0.25) is 5.43 Å². The van der Waals surface area contributed by atoms with Gasteiger partial charge in [-0.2, -0.15) is 5.10 Å². The average Bonchev–Trinajstić information content (AvgIpc) is 2.98. The minimum Gasteiger partial charge on any atom is -0.466 e. The average molecular weight is 285 g/mol. The van der Waals surface area contributed by atoms with Crippen LogP contribution in [0.4, 0.5) is 5.13 Å². The van der Waals surface area contributed by atoms with Crippen molar-refractivity contribution >= 4 is 32.4 Å². The molecule has 0 saturated carbocycles. The highest BCUT2D eigenvalue weighted by Gasteiger charge is 2.08. The second-order valence-corrected chi connectivity index (χ2v) is 5.65. The molecule has 1 N–H and O–H groups in total. The topological polar surface area (TPSA) is 50.4 Å². The third-order valence-electron chi connectivity index (χ3n) is 3.04. The molecule has 0 unspecified atom stereocenters. The van der Waals surface area contributed by atoms with Crippen molar-refractivity contribution in [2.45, 2.75) is 20.8 Å². The van der Waals surface area contributed by atoms with Gasteiger partial charge in [-0.1, -0.05) is 23.5 Å². The van der Waals surface area contributed by atoms with E-state index in [-0.39, 0.29) is 0 Å². The fourth-order valence-electron chi connectivity index (χ4n) is 2.10. The Morgan fingerprint density at radius 1 is 1.30 bits per heavy atom. The highest BCUT2D eigenvalue weighted by Crippen LogP contribution is 2.25. The van der Waals surface area contributed by atoms with Gasteiger partial charge in [0.25, 0.3) is 0 Å². The van der Waals surface area contributed by atoms with E-state index in [1.54, 1.807) is 11.3 Å². The number of fused-ring (bicyclic) bond motifs is 1. The molecule has 4 nitrogen and oxygen atoms in total. The fraction of sp³-hybridized carbons (Fsp3) is 0.200. The molecule has 2 aromatic heterocycles. The number of hydrogen-bond donors (Lipinski definition) is 1. The Labute approximate surface area is 121 Å². The number of hydrazone groups is 1. The van der Waals surface area contributed by atoms with Crippen molar-refractivity contribution in [3.05, 3.63) is 47.4 Å². The first-order chi connectivity index (χ1) is 9.63. The molecule has 20 heavy (non-hydrogen) atoms. The maximum absolute atomic E-state index is 5.51. The van der Waals surface area contributed by atoms with Gasteiger partial charge >= 0.3 is 0 Å². The van der Waals surface area contributed by atoms with Gasteiger partial charge in [0, 0.05) is 5.56 Å². The first-order valence-corrected chi connectivity index (χ1v) is 7.18. The summed E-state index contributed by atoms with van der Waals surface area (Å²) in [4.78, 5) is 4.48. The van der Waals surface area contributed by atoms with E-state index < -0.39 is 0 Å². The van der Waals surface area contributed by atoms with Gasteiger partial charge in [-0.25, -0.2) is 4.98 Å². The van der Waals surface area contributed by atoms with Crippen LogP contribution in [0.5, 0.6) is 0 Å². The Kier molecular flexibility index (Phi) is 3.28. The second kappa shape index (κ2) is 5.09. The Morgan fingerprint density at radius 2 is 2.10 bits per heavy atom. The van der Waals surface area contributed by atoms with Crippen LogP contribution in [0.2, 0.25) is 0 Å². The van der Waals surface area contributed by atoms with E-state index >= 15 is 0 Å². The second-order valence-electron chi connectivity index (χ2n) is 4.62. The molecular formula is C15H15N3OS. The normalized spacial score (nSPS) is 12.1. The van der Waals surface area contributed by atoms with Crippen molar-refractivity contribution < 1.29 is 4.42 Å². The zero-order valence-corrected chi connectivity index (χ0v) is 12.4. The molecule has 5 heteroatoms. The summed E-state index contributed by atoms with van der Waals surface area (Å²) >= 11 is 1.59. The molecular weight excluding hydrogens is 270 g/mol. The number of anilines is 1. The Hall–Kier alpha value is -2.14. The highest BCUT2D eigenvalue weighted by molar-refractivity contribution is 7.22. The Balaban J connectivity index is 1.84. The lowest BCUT2D eigenvalue weighted by Crippen LogP contribution is -1.99. The summed E-state index contributed by atoms with van der Waals surface area (Å²) < 4.78 is 6.67. The molecule has 0 amide bonds. The summed E-state index contributed by atoms with van der Waals surface area (Å²) in [5, 5.41) is 5.18. The van der Waals surface area contributed by atoms with Crippen LogP contribution >= 0.6 is 11.3 Å². The predicted octanol–water partition coefficient (Wildman–Crippen LogP) is 4.34. The monoisotopic (exact) mass is 285 g/mol. The van der Waals surface area contributed by atoms with Crippen LogP contribution in [0.15, 0.2) is 39.9 Å². The summed E-state index contributed by atoms with van der Waals surface area (Å²) in [5.74, 6) is 1.78. The van der Waals surface area contributed by atoms with Crippen molar-refractivity contribution in [2.24, 2.45) is 5.10 Å². The van der Waals surface area contributed by atoms with E-state index in [2.05, 4.69) is 21.6 Å². The number of para-hydroxylation sites is 1. The summed E-state index contributed by atoms with van der Waals surface area (Å²) in [6.45, 7) is 5.83. The first kappa shape index (κ1) is 12.9. The van der Waals surface area contributed by atoms with Crippen molar-refractivity contribution in [3.63, 3.8) is 0 Å². The molecule has 0 spiro atoms. The van der Waals surface area contributed by atoms with E-state index in [9.17, 15) is 0 Å². The van der Waals surface area contributed by atoms with Gasteiger partial charge < -0.3 is 4.42 Å². The van der Waals surface area contributed by atoms with Crippen LogP contribution < -0.4 is 5.43 Å². The lowest BCUT2D eigenvalue weighted by atomic mass is 10.2. The minimum atomic E-state index is 0.795. The van der Waals surface area contributed by atoms with Crippen LogP contribution in [0.1, 0.15) is 24.0 Å². The third-order valence-corrected chi connectivity index (χ3v) is 3.98. The number of benzene rings is 1. The number of aryl methyl sites for hydroxylation is 2. The van der Waals surface area contributed by atoms with Crippen molar-refractivity contribution in [3.8, 4) is 0 Å². The molecule has 0 radical (unpaired) electrons. The van der Waals surface area contributed by atoms with E-state index in [0.29, 0.717) is 0 Å². The molecule has 1 aromatic carbocycles. The smallest absolute Gasteiger partial charge is 0.204 e. The van der Waals surface area contributed by atoms with Gasteiger partial charge in [0.1, 0.15) is 11.5 Å². The lowest BCUT2D eigenvalue weighted by molar-refractivity contribution is 0.504. The zero-order chi connectivity index (χ0) is 14.1. The summed E-state index contributed by atoms with van der Waals surface area (Å²) in [7, 11) is 0. The van der Waals surface area contributed by atoms with Crippen molar-refractivity contribution in [1.82, 2.24) is 4.98 Å². The predicted molar refractivity (Wildman–Crippen MR) is 83.6 cm³/mol. The van der Waals surface area contributed by atoms with E-state index in [0.717, 1.165) is 38.1 Å². The van der Waals surface area contributed by atoms with Crippen LogP contribution in [-0.2, 0) is 0 Å². The summed E-state index contributed by atoms with van der Waals surface area (Å²) in [6.07, 6.45) is 0. The number of thiazole rings is 1. The van der Waals surface area contributed by atoms with E-state index in [1.165, 1.54) is 0 Å². The molecule has 0 saturated heterocycles. The molecule has 2 heterocycles. The van der Waals surface area contributed by atoms with Crippen LogP contribution in [0.25, 0.3) is 10.2 Å². The molecule has 0 aliphatic carbocycles. The Bertz CT molecular complexity index is 752. The fourth-order valence-corrected chi connectivity index (χ4v) is 2.91. The van der Waals surface area contributed by atoms with Gasteiger partial charge in [0.05, 0.1) is 15.9 Å². The minimum absolute atomic E-state index is 0.795. The number of nitrogens with one attached hydrogen (secondary N) is 1. The first-order valence-electron chi connectivity index (χ1n) is 6.37. The van der Waals surface area contributed by atoms with Crippen LogP contribution in [-0.4, -0.2) is 10.7 Å². The Morgan fingerprint density at radius 3 is 2.80 bits per heavy atom. The van der Waals surface area contributed by atoms with Crippen LogP contribution in [0, 0.1) is 13.8 Å². The van der Waals surface area contributed by atoms with Gasteiger partial charge in [-0.15, -0.1) is 0 Å². The quantitative estimate of drug-likeness (QED) is 0.575. The maximum Gasteiger partial charge on any atom is 0.204 e. The van der Waals surface area contributed by atoms with Gasteiger partial charge in [0.2, 0.25) is 5.13 Å². The number of hydrogen-bond acceptors (Lipinski definition) is 5. The molecule has 0 aliphatic rings.